The Labute approximate surface area is 288 Å². The van der Waals surface area contributed by atoms with E-state index in [9.17, 15) is 9.90 Å². The van der Waals surface area contributed by atoms with Crippen LogP contribution in [0.1, 0.15) is 70.3 Å². The molecule has 0 saturated heterocycles. The maximum atomic E-state index is 16.0. The van der Waals surface area contributed by atoms with Crippen LogP contribution in [0.5, 0.6) is 5.75 Å². The third-order valence-corrected chi connectivity index (χ3v) is 10.7. The van der Waals surface area contributed by atoms with Gasteiger partial charge in [-0.25, -0.2) is 19.4 Å². The number of aromatic nitrogens is 3. The number of alkyl halides is 2. The summed E-state index contributed by atoms with van der Waals surface area (Å²) in [5.74, 6) is 3.68. The number of carbonyl (C=O) groups is 1. The van der Waals surface area contributed by atoms with Crippen molar-refractivity contribution in [2.45, 2.75) is 57.1 Å². The molecule has 0 radical (unpaired) electrons. The number of hydrazine groups is 1. The molecule has 2 aliphatic rings. The molecule has 0 amide bonds. The van der Waals surface area contributed by atoms with E-state index >= 15 is 8.78 Å². The summed E-state index contributed by atoms with van der Waals surface area (Å²) < 4.78 is 41.5. The minimum Gasteiger partial charge on any atom is -0.493 e. The standard InChI is InChI=1S/C35H41ClF2N6O3S/c1-20(43(3)39)24-11-14-48-19-22-17-23(44(4)41-22)18-35(37,38)21-15-29-27(7-5-12-40-29)30(16-21)47-13-6-8-25-26-9-10-28(36)31(24)32(26)42(2)33(25)34(45)46/h9-10,15-17,40H,5-8,11-14,18-19,39H2,1-4H3,(H,45,46)/b24-20+. The number of thioether (sulfide) groups is 1. The topological polar surface area (TPSA) is 111 Å². The van der Waals surface area contributed by atoms with Crippen molar-refractivity contribution in [3.63, 3.8) is 0 Å². The van der Waals surface area contributed by atoms with Gasteiger partial charge in [0, 0.05) is 72.6 Å². The number of benzene rings is 2. The van der Waals surface area contributed by atoms with E-state index in [-0.39, 0.29) is 17.9 Å². The van der Waals surface area contributed by atoms with Crippen LogP contribution in [0.15, 0.2) is 36.0 Å². The molecular formula is C35H41ClF2N6O3S. The number of carboxylic acid groups (broad SMARTS) is 1. The number of hydrogen-bond donors (Lipinski definition) is 3. The Bertz CT molecular complexity index is 1920. The number of aromatic carboxylic acids is 1. The van der Waals surface area contributed by atoms with Gasteiger partial charge in [0.15, 0.2) is 0 Å². The van der Waals surface area contributed by atoms with Crippen LogP contribution < -0.4 is 15.9 Å². The van der Waals surface area contributed by atoms with Crippen molar-refractivity contribution in [1.82, 2.24) is 19.4 Å². The number of carboxylic acids is 1. The van der Waals surface area contributed by atoms with Crippen LogP contribution in [0.2, 0.25) is 5.02 Å². The molecule has 6 rings (SSSR count). The van der Waals surface area contributed by atoms with Crippen molar-refractivity contribution < 1.29 is 23.4 Å². The van der Waals surface area contributed by atoms with Crippen LogP contribution in [0.25, 0.3) is 16.5 Å². The molecule has 13 heteroatoms. The fourth-order valence-corrected chi connectivity index (χ4v) is 8.03. The minimum absolute atomic E-state index is 0.111. The molecule has 4 aromatic rings. The first kappa shape index (κ1) is 34.1. The largest absolute Gasteiger partial charge is 0.493 e. The fraction of sp³-hybridized carbons (Fsp3) is 0.429. The molecule has 0 fully saturated rings. The van der Waals surface area contributed by atoms with E-state index in [4.69, 9.17) is 22.2 Å². The van der Waals surface area contributed by atoms with Crippen LogP contribution >= 0.6 is 23.4 Å². The van der Waals surface area contributed by atoms with Gasteiger partial charge in [-0.2, -0.15) is 16.9 Å². The number of anilines is 1. The Morgan fingerprint density at radius 2 is 1.94 bits per heavy atom. The SMILES string of the molecule is C/C(=C1/CCSCc2cc(n(C)n2)CC(F)(F)c2cc3c(c(c2)OCCCc2c(C(=O)O)n(C)c4c1c(Cl)ccc24)CCCN3)N(C)N. The molecule has 9 nitrogen and oxygen atoms in total. The molecule has 48 heavy (non-hydrogen) atoms. The molecule has 0 spiro atoms. The molecule has 256 valence electrons. The van der Waals surface area contributed by atoms with Gasteiger partial charge in [0.2, 0.25) is 0 Å². The van der Waals surface area contributed by atoms with Gasteiger partial charge >= 0.3 is 5.97 Å². The van der Waals surface area contributed by atoms with Crippen molar-refractivity contribution in [2.24, 2.45) is 19.9 Å². The predicted molar refractivity (Wildman–Crippen MR) is 188 cm³/mol. The van der Waals surface area contributed by atoms with Crippen molar-refractivity contribution >= 4 is 51.5 Å². The second-order valence-electron chi connectivity index (χ2n) is 12.6. The first-order valence-electron chi connectivity index (χ1n) is 16.1. The number of nitrogens with two attached hydrogens (primary N) is 1. The lowest BCUT2D eigenvalue weighted by Crippen LogP contribution is -2.25. The lowest BCUT2D eigenvalue weighted by Gasteiger charge is -2.25. The number of allylic oxidation sites excluding steroid dienone is 2. The lowest BCUT2D eigenvalue weighted by atomic mass is 9.95. The maximum absolute atomic E-state index is 16.0. The monoisotopic (exact) mass is 698 g/mol. The average molecular weight is 699 g/mol. The summed E-state index contributed by atoms with van der Waals surface area (Å²) in [6.45, 7) is 2.85. The van der Waals surface area contributed by atoms with E-state index in [1.165, 1.54) is 10.7 Å². The van der Waals surface area contributed by atoms with E-state index in [1.54, 1.807) is 54.6 Å². The summed E-state index contributed by atoms with van der Waals surface area (Å²) in [7, 11) is 5.21. The zero-order valence-electron chi connectivity index (χ0n) is 27.6. The fourth-order valence-electron chi connectivity index (χ4n) is 6.92. The lowest BCUT2D eigenvalue weighted by molar-refractivity contribution is -0.00583. The summed E-state index contributed by atoms with van der Waals surface area (Å²) in [5.41, 5.74) is 6.64. The average Bonchev–Trinajstić information content (AvgIpc) is 3.53. The highest BCUT2D eigenvalue weighted by Crippen LogP contribution is 2.42. The Morgan fingerprint density at radius 3 is 2.69 bits per heavy atom. The molecule has 0 unspecified atom stereocenters. The molecule has 8 bridgehead atoms. The molecule has 0 atom stereocenters. The second kappa shape index (κ2) is 13.6. The summed E-state index contributed by atoms with van der Waals surface area (Å²) >= 11 is 8.56. The molecule has 2 aliphatic heterocycles. The molecular weight excluding hydrogens is 658 g/mol. The van der Waals surface area contributed by atoms with E-state index in [0.717, 1.165) is 46.1 Å². The number of ether oxygens (including phenoxy) is 1. The van der Waals surface area contributed by atoms with Gasteiger partial charge in [0.05, 0.1) is 29.3 Å². The first-order valence-corrected chi connectivity index (χ1v) is 17.6. The van der Waals surface area contributed by atoms with Crippen LogP contribution in [-0.2, 0) is 45.0 Å². The summed E-state index contributed by atoms with van der Waals surface area (Å²) in [6.07, 6.45) is 2.55. The van der Waals surface area contributed by atoms with Crippen molar-refractivity contribution in [3.05, 3.63) is 80.4 Å². The zero-order valence-corrected chi connectivity index (χ0v) is 29.2. The second-order valence-corrected chi connectivity index (χ2v) is 14.1. The third-order valence-electron chi connectivity index (χ3n) is 9.43. The van der Waals surface area contributed by atoms with E-state index in [0.29, 0.717) is 70.7 Å². The van der Waals surface area contributed by atoms with Gasteiger partial charge in [-0.05, 0) is 80.2 Å². The maximum Gasteiger partial charge on any atom is 0.352 e. The van der Waals surface area contributed by atoms with Gasteiger partial charge < -0.3 is 24.7 Å². The van der Waals surface area contributed by atoms with Gasteiger partial charge in [-0.15, -0.1) is 0 Å². The number of fused-ring (bicyclic) bond motifs is 6. The van der Waals surface area contributed by atoms with Crippen molar-refractivity contribution in [2.75, 3.05) is 31.3 Å². The molecule has 0 saturated carbocycles. The van der Waals surface area contributed by atoms with E-state index < -0.39 is 18.3 Å². The first-order chi connectivity index (χ1) is 22.9. The van der Waals surface area contributed by atoms with E-state index in [2.05, 4.69) is 10.4 Å². The van der Waals surface area contributed by atoms with Gasteiger partial charge in [0.25, 0.3) is 5.92 Å². The molecule has 2 aromatic carbocycles. The number of nitrogens with one attached hydrogen (secondary N) is 1. The van der Waals surface area contributed by atoms with Gasteiger partial charge in [-0.1, -0.05) is 17.7 Å². The zero-order chi connectivity index (χ0) is 34.3. The number of aryl methyl sites for hydroxylation is 3. The third kappa shape index (κ3) is 6.49. The van der Waals surface area contributed by atoms with E-state index in [1.807, 2.05) is 19.1 Å². The van der Waals surface area contributed by atoms with Gasteiger partial charge in [-0.3, -0.25) is 4.68 Å². The highest BCUT2D eigenvalue weighted by Gasteiger charge is 2.35. The predicted octanol–water partition coefficient (Wildman–Crippen LogP) is 7.14. The summed E-state index contributed by atoms with van der Waals surface area (Å²) in [4.78, 5) is 12.7. The Kier molecular flexibility index (Phi) is 9.70. The Balaban J connectivity index is 1.47. The molecule has 2 aromatic heterocycles. The van der Waals surface area contributed by atoms with Crippen molar-refractivity contribution in [1.29, 1.82) is 0 Å². The number of nitrogens with zero attached hydrogens (tertiary/aromatic N) is 4. The molecule has 4 heterocycles. The molecule has 4 N–H and O–H groups in total. The Hall–Kier alpha value is -3.74. The van der Waals surface area contributed by atoms with Crippen LogP contribution in [0.3, 0.4) is 0 Å². The Morgan fingerprint density at radius 1 is 1.17 bits per heavy atom. The summed E-state index contributed by atoms with van der Waals surface area (Å²) in [6, 6.07) is 8.47. The molecule has 0 aliphatic carbocycles. The number of rotatable bonds is 2. The quantitative estimate of drug-likeness (QED) is 0.150. The van der Waals surface area contributed by atoms with Crippen LogP contribution in [0.4, 0.5) is 14.5 Å². The number of hydrogen-bond acceptors (Lipinski definition) is 7. The van der Waals surface area contributed by atoms with Gasteiger partial charge in [0.1, 0.15) is 11.4 Å². The smallest absolute Gasteiger partial charge is 0.352 e. The normalized spacial score (nSPS) is 18.0. The highest BCUT2D eigenvalue weighted by atomic mass is 35.5. The summed E-state index contributed by atoms with van der Waals surface area (Å²) in [5, 5.41) is 21.1. The minimum atomic E-state index is -3.16. The van der Waals surface area contributed by atoms with Crippen LogP contribution in [0, 0.1) is 0 Å². The highest BCUT2D eigenvalue weighted by molar-refractivity contribution is 7.98. The van der Waals surface area contributed by atoms with Crippen molar-refractivity contribution in [3.8, 4) is 5.75 Å². The van der Waals surface area contributed by atoms with Crippen LogP contribution in [-0.4, -0.2) is 56.4 Å². The number of halogens is 3.